The topological polar surface area (TPSA) is 91.1 Å². The normalized spacial score (nSPS) is 25.4. The number of carbonyl (C=O) groups is 2. The van der Waals surface area contributed by atoms with Crippen molar-refractivity contribution in [3.05, 3.63) is 23.8 Å². The summed E-state index contributed by atoms with van der Waals surface area (Å²) in [6.07, 6.45) is 2.00. The number of carbonyl (C=O) groups excluding carboxylic acids is 2. The predicted octanol–water partition coefficient (Wildman–Crippen LogP) is 2.71. The van der Waals surface area contributed by atoms with E-state index in [0.717, 1.165) is 32.5 Å². The van der Waals surface area contributed by atoms with E-state index in [9.17, 15) is 9.59 Å². The molecule has 6 rings (SSSR count). The van der Waals surface area contributed by atoms with Crippen molar-refractivity contribution in [2.45, 2.75) is 45.3 Å². The van der Waals surface area contributed by atoms with Crippen molar-refractivity contribution in [2.24, 2.45) is 5.92 Å². The summed E-state index contributed by atoms with van der Waals surface area (Å²) in [5.74, 6) is 0.473. The molecular formula is C24H33N5O4. The summed E-state index contributed by atoms with van der Waals surface area (Å²) in [5.41, 5.74) is 1.22. The van der Waals surface area contributed by atoms with Crippen molar-refractivity contribution >= 4 is 29.1 Å². The van der Waals surface area contributed by atoms with Gasteiger partial charge in [-0.05, 0) is 64.8 Å². The first-order chi connectivity index (χ1) is 15.8. The molecule has 0 aliphatic carbocycles. The number of benzene rings is 1. The zero-order valence-corrected chi connectivity index (χ0v) is 19.7. The first kappa shape index (κ1) is 22.0. The molecule has 0 spiro atoms. The fourth-order valence-corrected chi connectivity index (χ4v) is 5.04. The van der Waals surface area contributed by atoms with Crippen LogP contribution in [0.25, 0.3) is 11.1 Å². The number of hydrogen-bond acceptors (Lipinski definition) is 7. The van der Waals surface area contributed by atoms with Crippen molar-refractivity contribution in [3.8, 4) is 0 Å². The van der Waals surface area contributed by atoms with Crippen LogP contribution in [0.2, 0.25) is 0 Å². The van der Waals surface area contributed by atoms with Gasteiger partial charge in [-0.15, -0.1) is 0 Å². The van der Waals surface area contributed by atoms with E-state index in [1.807, 2.05) is 43.9 Å². The van der Waals surface area contributed by atoms with Crippen LogP contribution < -0.4 is 10.2 Å². The quantitative estimate of drug-likeness (QED) is 0.761. The molecule has 1 aromatic carbocycles. The maximum Gasteiger partial charge on any atom is 0.410 e. The molecule has 4 aliphatic heterocycles. The summed E-state index contributed by atoms with van der Waals surface area (Å²) < 4.78 is 11.5. The monoisotopic (exact) mass is 455 g/mol. The van der Waals surface area contributed by atoms with E-state index in [1.165, 1.54) is 0 Å². The van der Waals surface area contributed by atoms with Crippen LogP contribution in [0, 0.1) is 5.92 Å². The highest BCUT2D eigenvalue weighted by Gasteiger charge is 2.35. The van der Waals surface area contributed by atoms with Crippen molar-refractivity contribution in [1.82, 2.24) is 20.1 Å². The lowest BCUT2D eigenvalue weighted by Gasteiger charge is -2.44. The minimum absolute atomic E-state index is 0.0889. The molecule has 4 aliphatic rings. The van der Waals surface area contributed by atoms with E-state index in [0.29, 0.717) is 54.8 Å². The molecule has 1 aromatic heterocycles. The molecule has 9 heteroatoms. The van der Waals surface area contributed by atoms with E-state index >= 15 is 0 Å². The van der Waals surface area contributed by atoms with E-state index < -0.39 is 5.60 Å². The Morgan fingerprint density at radius 1 is 1.09 bits per heavy atom. The first-order valence-electron chi connectivity index (χ1n) is 11.9. The fourth-order valence-electron chi connectivity index (χ4n) is 5.04. The van der Waals surface area contributed by atoms with Crippen LogP contribution in [0.1, 0.15) is 44.0 Å². The van der Waals surface area contributed by atoms with Gasteiger partial charge in [0.1, 0.15) is 11.1 Å². The molecule has 1 atom stereocenters. The molecule has 2 aromatic rings. The molecular weight excluding hydrogens is 422 g/mol. The number of rotatable bonds is 3. The molecule has 9 nitrogen and oxygen atoms in total. The van der Waals surface area contributed by atoms with Gasteiger partial charge in [-0.1, -0.05) is 6.07 Å². The van der Waals surface area contributed by atoms with Crippen LogP contribution in [0.5, 0.6) is 0 Å². The third-order valence-electron chi connectivity index (χ3n) is 6.83. The third-order valence-corrected chi connectivity index (χ3v) is 6.83. The number of oxazole rings is 1. The van der Waals surface area contributed by atoms with Crippen LogP contribution >= 0.6 is 0 Å². The molecule has 1 N–H and O–H groups in total. The van der Waals surface area contributed by atoms with Crippen molar-refractivity contribution < 1.29 is 18.7 Å². The molecule has 0 radical (unpaired) electrons. The maximum atomic E-state index is 13.1. The second-order valence-electron chi connectivity index (χ2n) is 10.3. The minimum Gasteiger partial charge on any atom is -0.444 e. The summed E-state index contributed by atoms with van der Waals surface area (Å²) in [4.78, 5) is 36.3. The second-order valence-corrected chi connectivity index (χ2v) is 10.3. The lowest BCUT2D eigenvalue weighted by molar-refractivity contribution is 0.0239. The second kappa shape index (κ2) is 8.52. The summed E-state index contributed by atoms with van der Waals surface area (Å²) in [6, 6.07) is 6.17. The molecule has 1 unspecified atom stereocenters. The lowest BCUT2D eigenvalue weighted by Crippen LogP contribution is -2.57. The van der Waals surface area contributed by atoms with Crippen LogP contribution in [0.15, 0.2) is 22.6 Å². The van der Waals surface area contributed by atoms with Crippen LogP contribution in [0.4, 0.5) is 10.8 Å². The largest absolute Gasteiger partial charge is 0.444 e. The number of nitrogens with one attached hydrogen (secondary N) is 1. The number of piperidine rings is 3. The predicted molar refractivity (Wildman–Crippen MR) is 124 cm³/mol. The van der Waals surface area contributed by atoms with Gasteiger partial charge >= 0.3 is 6.09 Å². The average molecular weight is 456 g/mol. The number of fused-ring (bicyclic) bond motifs is 4. The molecule has 2 amide bonds. The van der Waals surface area contributed by atoms with E-state index in [1.54, 1.807) is 4.90 Å². The molecule has 2 bridgehead atoms. The van der Waals surface area contributed by atoms with Gasteiger partial charge in [0.15, 0.2) is 5.58 Å². The Bertz CT molecular complexity index is 1030. The van der Waals surface area contributed by atoms with Gasteiger partial charge in [0.05, 0.1) is 5.56 Å². The van der Waals surface area contributed by atoms with Crippen molar-refractivity contribution in [3.63, 3.8) is 0 Å². The maximum absolute atomic E-state index is 13.1. The van der Waals surface area contributed by atoms with Crippen molar-refractivity contribution in [2.75, 3.05) is 50.7 Å². The highest BCUT2D eigenvalue weighted by molar-refractivity contribution is 6.04. The molecule has 178 valence electrons. The number of amides is 2. The number of para-hydroxylation sites is 1. The van der Waals surface area contributed by atoms with Gasteiger partial charge in [0, 0.05) is 38.8 Å². The highest BCUT2D eigenvalue weighted by Crippen LogP contribution is 2.29. The number of anilines is 1. The summed E-state index contributed by atoms with van der Waals surface area (Å²) in [5, 5.41) is 3.25. The highest BCUT2D eigenvalue weighted by atomic mass is 16.6. The Labute approximate surface area is 194 Å². The van der Waals surface area contributed by atoms with Gasteiger partial charge in [0.2, 0.25) is 0 Å². The van der Waals surface area contributed by atoms with E-state index in [4.69, 9.17) is 9.15 Å². The lowest BCUT2D eigenvalue weighted by atomic mass is 9.84. The van der Waals surface area contributed by atoms with Crippen LogP contribution in [0.3, 0.4) is 0 Å². The zero-order chi connectivity index (χ0) is 23.2. The Kier molecular flexibility index (Phi) is 5.68. The molecule has 33 heavy (non-hydrogen) atoms. The van der Waals surface area contributed by atoms with Gasteiger partial charge in [-0.25, -0.2) is 4.79 Å². The molecule has 4 saturated heterocycles. The first-order valence-corrected chi connectivity index (χ1v) is 11.9. The van der Waals surface area contributed by atoms with Crippen molar-refractivity contribution in [1.29, 1.82) is 0 Å². The van der Waals surface area contributed by atoms with Gasteiger partial charge in [-0.2, -0.15) is 4.98 Å². The Balaban J connectivity index is 1.26. The van der Waals surface area contributed by atoms with Gasteiger partial charge in [0.25, 0.3) is 11.9 Å². The molecule has 0 saturated carbocycles. The molecule has 5 heterocycles. The average Bonchev–Trinajstić information content (AvgIpc) is 3.23. The van der Waals surface area contributed by atoms with Crippen LogP contribution in [-0.4, -0.2) is 84.2 Å². The van der Waals surface area contributed by atoms with Crippen LogP contribution in [-0.2, 0) is 4.74 Å². The fraction of sp³-hybridized carbons (Fsp3) is 0.625. The zero-order valence-electron chi connectivity index (χ0n) is 19.7. The summed E-state index contributed by atoms with van der Waals surface area (Å²) >= 11 is 0. The van der Waals surface area contributed by atoms with Gasteiger partial charge < -0.3 is 29.2 Å². The Morgan fingerprint density at radius 2 is 1.82 bits per heavy atom. The number of hydrogen-bond donors (Lipinski definition) is 1. The van der Waals surface area contributed by atoms with E-state index in [2.05, 4.69) is 15.2 Å². The summed E-state index contributed by atoms with van der Waals surface area (Å²) in [7, 11) is 0. The number of ether oxygens (including phenoxy) is 1. The molecule has 4 fully saturated rings. The number of piperazine rings is 1. The van der Waals surface area contributed by atoms with Gasteiger partial charge in [-0.3, -0.25) is 4.79 Å². The standard InChI is InChI=1S/C24H33N5O4/c1-24(2,3)33-23(31)29-13-11-28(12-14-29)22-26-20-17(5-4-6-19(20)32-22)21(30)25-18-15-27-9-7-16(18)8-10-27/h4-6,16,18H,7-15H2,1-3H3,(H,25,30). The Morgan fingerprint density at radius 3 is 2.45 bits per heavy atom. The van der Waals surface area contributed by atoms with E-state index in [-0.39, 0.29) is 18.0 Å². The number of aromatic nitrogens is 1. The third kappa shape index (κ3) is 4.64. The smallest absolute Gasteiger partial charge is 0.410 e. The minimum atomic E-state index is -0.514. The SMILES string of the molecule is CC(C)(C)OC(=O)N1CCN(c2nc3c(C(=O)NC4CN5CCC4CC5)cccc3o2)CC1. The Hall–Kier alpha value is -2.81. The number of nitrogens with zero attached hydrogens (tertiary/aromatic N) is 4. The summed E-state index contributed by atoms with van der Waals surface area (Å²) in [6.45, 7) is 11.0.